The third-order valence-corrected chi connectivity index (χ3v) is 5.92. The molecule has 0 spiro atoms. The molecule has 1 unspecified atom stereocenters. The number of aryl methyl sites for hydroxylation is 2. The highest BCUT2D eigenvalue weighted by Gasteiger charge is 2.34. The number of carbonyl (C=O) groups is 2. The minimum atomic E-state index is -4.73. The fourth-order valence-corrected chi connectivity index (χ4v) is 4.13. The van der Waals surface area contributed by atoms with Crippen LogP contribution in [0.15, 0.2) is 48.2 Å². The molecule has 11 heteroatoms. The number of benzene rings is 2. The zero-order chi connectivity index (χ0) is 30.4. The van der Waals surface area contributed by atoms with Gasteiger partial charge in [0, 0.05) is 12.2 Å². The molecule has 3 rings (SSSR count). The summed E-state index contributed by atoms with van der Waals surface area (Å²) in [5.41, 5.74) is -0.571. The number of amides is 2. The summed E-state index contributed by atoms with van der Waals surface area (Å²) in [5, 5.41) is 13.2. The van der Waals surface area contributed by atoms with E-state index < -0.39 is 40.7 Å². The van der Waals surface area contributed by atoms with Gasteiger partial charge in [-0.15, -0.1) is 0 Å². The van der Waals surface area contributed by atoms with Gasteiger partial charge in [0.25, 0.3) is 5.91 Å². The van der Waals surface area contributed by atoms with Crippen LogP contribution < -0.4 is 10.6 Å². The Labute approximate surface area is 237 Å². The molecule has 1 heterocycles. The van der Waals surface area contributed by atoms with Gasteiger partial charge in [-0.3, -0.25) is 10.1 Å². The highest BCUT2D eigenvalue weighted by Crippen LogP contribution is 2.35. The van der Waals surface area contributed by atoms with E-state index in [0.29, 0.717) is 17.7 Å². The van der Waals surface area contributed by atoms with Crippen molar-refractivity contribution in [1.82, 2.24) is 5.32 Å². The molecule has 3 N–H and O–H groups in total. The molecule has 1 atom stereocenters. The van der Waals surface area contributed by atoms with Crippen molar-refractivity contribution in [3.8, 4) is 0 Å². The largest absolute Gasteiger partial charge is 0.444 e. The van der Waals surface area contributed by atoms with Crippen LogP contribution in [0.1, 0.15) is 67.9 Å². The van der Waals surface area contributed by atoms with Crippen LogP contribution in [0, 0.1) is 19.3 Å². The summed E-state index contributed by atoms with van der Waals surface area (Å²) < 4.78 is 57.5. The second-order valence-electron chi connectivity index (χ2n) is 10.9. The van der Waals surface area contributed by atoms with Crippen molar-refractivity contribution in [1.29, 1.82) is 5.41 Å². The van der Waals surface area contributed by atoms with Crippen LogP contribution in [-0.2, 0) is 31.8 Å². The summed E-state index contributed by atoms with van der Waals surface area (Å²) >= 11 is 0. The molecule has 1 saturated heterocycles. The Morgan fingerprint density at radius 1 is 1.07 bits per heavy atom. The lowest BCUT2D eigenvalue weighted by Gasteiger charge is -2.23. The maximum absolute atomic E-state index is 13.6. The lowest BCUT2D eigenvalue weighted by atomic mass is 10.0. The minimum absolute atomic E-state index is 0.162. The highest BCUT2D eigenvalue weighted by atomic mass is 19.4. The maximum atomic E-state index is 13.6. The molecule has 1 aliphatic heterocycles. The summed E-state index contributed by atoms with van der Waals surface area (Å²) in [6.45, 7) is 9.17. The first-order valence-electron chi connectivity index (χ1n) is 13.2. The van der Waals surface area contributed by atoms with Crippen LogP contribution in [0.3, 0.4) is 0 Å². The predicted octanol–water partition coefficient (Wildman–Crippen LogP) is 6.78. The first-order chi connectivity index (χ1) is 19.1. The first-order valence-corrected chi connectivity index (χ1v) is 13.2. The molecule has 0 saturated carbocycles. The second-order valence-corrected chi connectivity index (χ2v) is 10.9. The van der Waals surface area contributed by atoms with Gasteiger partial charge in [0.2, 0.25) is 0 Å². The molecule has 0 bridgehead atoms. The Bertz CT molecular complexity index is 1310. The van der Waals surface area contributed by atoms with Gasteiger partial charge >= 0.3 is 12.3 Å². The Kier molecular flexibility index (Phi) is 10.3. The number of nitrogens with one attached hydrogen (secondary N) is 3. The lowest BCUT2D eigenvalue weighted by molar-refractivity contribution is -0.168. The van der Waals surface area contributed by atoms with E-state index in [2.05, 4.69) is 10.6 Å². The molecular formula is C30H36F3N3O5. The SMILES string of the molecule is Cc1cc(COC2CCCCO2)cc(C(=N)/C=C(/NC(=O)OC(C)(C)C)C(=O)Nc2cc(C)ccc2C(F)(F)F)c1. The molecule has 41 heavy (non-hydrogen) atoms. The van der Waals surface area contributed by atoms with Crippen molar-refractivity contribution in [2.24, 2.45) is 0 Å². The highest BCUT2D eigenvalue weighted by molar-refractivity contribution is 6.14. The molecule has 222 valence electrons. The summed E-state index contributed by atoms with van der Waals surface area (Å²) in [5.74, 6) is -1.05. The van der Waals surface area contributed by atoms with E-state index in [1.54, 1.807) is 39.8 Å². The van der Waals surface area contributed by atoms with Gasteiger partial charge in [-0.25, -0.2) is 4.79 Å². The molecule has 2 amide bonds. The molecule has 2 aromatic rings. The minimum Gasteiger partial charge on any atom is -0.444 e. The molecule has 8 nitrogen and oxygen atoms in total. The van der Waals surface area contributed by atoms with Gasteiger partial charge in [-0.05, 0) is 95.3 Å². The molecule has 2 aromatic carbocycles. The number of carbonyl (C=O) groups excluding carboxylic acids is 2. The normalized spacial score (nSPS) is 16.2. The predicted molar refractivity (Wildman–Crippen MR) is 149 cm³/mol. The maximum Gasteiger partial charge on any atom is 0.418 e. The quantitative estimate of drug-likeness (QED) is 0.237. The number of ether oxygens (including phenoxy) is 3. The lowest BCUT2D eigenvalue weighted by Crippen LogP contribution is -2.36. The Morgan fingerprint density at radius 3 is 2.44 bits per heavy atom. The summed E-state index contributed by atoms with van der Waals surface area (Å²) in [6, 6.07) is 8.65. The fraction of sp³-hybridized carbons (Fsp3) is 0.433. The smallest absolute Gasteiger partial charge is 0.418 e. The van der Waals surface area contributed by atoms with E-state index >= 15 is 0 Å². The fourth-order valence-electron chi connectivity index (χ4n) is 4.13. The van der Waals surface area contributed by atoms with E-state index in [9.17, 15) is 22.8 Å². The zero-order valence-electron chi connectivity index (χ0n) is 23.8. The average Bonchev–Trinajstić information content (AvgIpc) is 2.85. The summed E-state index contributed by atoms with van der Waals surface area (Å²) in [7, 11) is 0. The van der Waals surface area contributed by atoms with Crippen LogP contribution in [0.2, 0.25) is 0 Å². The summed E-state index contributed by atoms with van der Waals surface area (Å²) in [6.07, 6.45) is -2.15. The van der Waals surface area contributed by atoms with Crippen LogP contribution in [0.25, 0.3) is 0 Å². The number of alkyl carbamates (subject to hydrolysis) is 1. The average molecular weight is 576 g/mol. The van der Waals surface area contributed by atoms with Crippen molar-refractivity contribution < 1.29 is 37.0 Å². The Hall–Kier alpha value is -3.70. The van der Waals surface area contributed by atoms with Gasteiger partial charge in [0.15, 0.2) is 6.29 Å². The Balaban J connectivity index is 1.90. The summed E-state index contributed by atoms with van der Waals surface area (Å²) in [4.78, 5) is 25.8. The van der Waals surface area contributed by atoms with Gasteiger partial charge in [-0.2, -0.15) is 13.2 Å². The molecule has 1 fully saturated rings. The number of hydrogen-bond acceptors (Lipinski definition) is 6. The van der Waals surface area contributed by atoms with Gasteiger partial charge in [-0.1, -0.05) is 17.7 Å². The number of allylic oxidation sites excluding steroid dienone is 1. The third-order valence-electron chi connectivity index (χ3n) is 5.92. The number of anilines is 1. The van der Waals surface area contributed by atoms with Crippen LogP contribution in [0.4, 0.5) is 23.7 Å². The van der Waals surface area contributed by atoms with E-state index in [1.165, 1.54) is 12.1 Å². The topological polar surface area (TPSA) is 110 Å². The molecule has 0 radical (unpaired) electrons. The number of hydrogen-bond donors (Lipinski definition) is 3. The van der Waals surface area contributed by atoms with Gasteiger partial charge in [0.1, 0.15) is 11.3 Å². The monoisotopic (exact) mass is 575 g/mol. The number of halogens is 3. The molecule has 0 aromatic heterocycles. The van der Waals surface area contributed by atoms with Crippen molar-refractivity contribution in [3.05, 3.63) is 76.0 Å². The number of rotatable bonds is 8. The Morgan fingerprint density at radius 2 is 1.80 bits per heavy atom. The van der Waals surface area contributed by atoms with Crippen molar-refractivity contribution in [3.63, 3.8) is 0 Å². The standard InChI is InChI=1S/C30H36F3N3O5/c1-18-9-10-22(30(31,32)33)24(14-18)35-27(37)25(36-28(38)41-29(3,4)5)16-23(34)21-13-19(2)12-20(15-21)17-40-26-8-6-7-11-39-26/h9-10,12-16,26,34H,6-8,11,17H2,1-5H3,(H,35,37)(H,36,38)/b25-16+,34-23?. The number of alkyl halides is 3. The molecule has 0 aliphatic carbocycles. The first kappa shape index (κ1) is 31.8. The van der Waals surface area contributed by atoms with Gasteiger partial charge < -0.3 is 24.9 Å². The van der Waals surface area contributed by atoms with E-state index in [-0.39, 0.29) is 18.6 Å². The third kappa shape index (κ3) is 10.0. The van der Waals surface area contributed by atoms with Crippen molar-refractivity contribution in [2.75, 3.05) is 11.9 Å². The van der Waals surface area contributed by atoms with E-state index in [0.717, 1.165) is 42.5 Å². The van der Waals surface area contributed by atoms with E-state index in [4.69, 9.17) is 19.6 Å². The molecular weight excluding hydrogens is 539 g/mol. The second kappa shape index (κ2) is 13.3. The van der Waals surface area contributed by atoms with Crippen LogP contribution >= 0.6 is 0 Å². The van der Waals surface area contributed by atoms with Crippen molar-refractivity contribution >= 4 is 23.4 Å². The van der Waals surface area contributed by atoms with Crippen molar-refractivity contribution in [2.45, 2.75) is 78.6 Å². The van der Waals surface area contributed by atoms with Gasteiger partial charge in [0.05, 0.1) is 23.6 Å². The van der Waals surface area contributed by atoms with E-state index in [1.807, 2.05) is 13.0 Å². The zero-order valence-corrected chi connectivity index (χ0v) is 23.8. The molecule has 1 aliphatic rings. The van der Waals surface area contributed by atoms with Crippen LogP contribution in [-0.4, -0.2) is 36.2 Å². The van der Waals surface area contributed by atoms with Crippen LogP contribution in [0.5, 0.6) is 0 Å².